The molecule has 0 saturated heterocycles. The number of carbonyl (C=O) groups is 3. The van der Waals surface area contributed by atoms with Crippen LogP contribution >= 0.6 is 0 Å². The molecule has 0 amide bonds. The van der Waals surface area contributed by atoms with E-state index in [0.717, 1.165) is 103 Å². The number of ether oxygens (including phenoxy) is 3. The lowest BCUT2D eigenvalue weighted by atomic mass is 10.0. The van der Waals surface area contributed by atoms with Gasteiger partial charge in [-0.05, 0) is 77.0 Å². The molecule has 61 heavy (non-hydrogen) atoms. The highest BCUT2D eigenvalue weighted by Crippen LogP contribution is 2.15. The predicted molar refractivity (Wildman–Crippen MR) is 261 cm³/mol. The van der Waals surface area contributed by atoms with Crippen molar-refractivity contribution in [3.8, 4) is 0 Å². The second-order valence-corrected chi connectivity index (χ2v) is 17.4. The summed E-state index contributed by atoms with van der Waals surface area (Å²) in [5.74, 6) is -0.897. The fraction of sp³-hybridized carbons (Fsp3) is 0.800. The van der Waals surface area contributed by atoms with Gasteiger partial charge in [0.1, 0.15) is 13.2 Å². The number of hydrogen-bond donors (Lipinski definition) is 0. The van der Waals surface area contributed by atoms with Crippen LogP contribution in [0.25, 0.3) is 0 Å². The van der Waals surface area contributed by atoms with Crippen LogP contribution in [0.5, 0.6) is 0 Å². The quantitative estimate of drug-likeness (QED) is 0.0263. The molecule has 0 heterocycles. The first-order chi connectivity index (χ1) is 30.0. The lowest BCUT2D eigenvalue weighted by molar-refractivity contribution is -0.167. The van der Waals surface area contributed by atoms with Gasteiger partial charge in [0.25, 0.3) is 0 Å². The van der Waals surface area contributed by atoms with E-state index in [0.29, 0.717) is 19.3 Å². The smallest absolute Gasteiger partial charge is 0.306 e. The Kier molecular flexibility index (Phi) is 47.9. The van der Waals surface area contributed by atoms with Crippen molar-refractivity contribution in [3.05, 3.63) is 48.6 Å². The Balaban J connectivity index is 4.39. The molecule has 0 aliphatic heterocycles. The fourth-order valence-corrected chi connectivity index (χ4v) is 7.39. The minimum atomic E-state index is -0.780. The Morgan fingerprint density at radius 2 is 0.639 bits per heavy atom. The molecule has 0 aliphatic rings. The zero-order valence-electron chi connectivity index (χ0n) is 40.4. The zero-order valence-corrected chi connectivity index (χ0v) is 40.4. The Morgan fingerprint density at radius 1 is 0.344 bits per heavy atom. The zero-order chi connectivity index (χ0) is 44.4. The van der Waals surface area contributed by atoms with Gasteiger partial charge in [-0.25, -0.2) is 0 Å². The summed E-state index contributed by atoms with van der Waals surface area (Å²) in [6.07, 6.45) is 59.5. The van der Waals surface area contributed by atoms with E-state index in [1.54, 1.807) is 0 Å². The normalized spacial score (nSPS) is 12.4. The van der Waals surface area contributed by atoms with E-state index in [2.05, 4.69) is 69.4 Å². The van der Waals surface area contributed by atoms with E-state index >= 15 is 0 Å². The lowest BCUT2D eigenvalue weighted by Gasteiger charge is -2.18. The SMILES string of the molecule is CCC=CCC=CCC=CCCCCCCCC(=O)OCC(COC(=O)CCCCCCCC=CCCCCCCCC)OC(=O)CCCCCCCCCCCCCCC. The minimum Gasteiger partial charge on any atom is -0.462 e. The van der Waals surface area contributed by atoms with Gasteiger partial charge in [0.2, 0.25) is 0 Å². The number of allylic oxidation sites excluding steroid dienone is 8. The molecule has 6 heteroatoms. The van der Waals surface area contributed by atoms with Gasteiger partial charge in [0, 0.05) is 19.3 Å². The van der Waals surface area contributed by atoms with Gasteiger partial charge < -0.3 is 14.2 Å². The van der Waals surface area contributed by atoms with Gasteiger partial charge in [-0.15, -0.1) is 0 Å². The molecule has 0 rings (SSSR count). The van der Waals surface area contributed by atoms with Gasteiger partial charge in [0.05, 0.1) is 0 Å². The van der Waals surface area contributed by atoms with Crippen molar-refractivity contribution in [2.75, 3.05) is 13.2 Å². The van der Waals surface area contributed by atoms with Gasteiger partial charge >= 0.3 is 17.9 Å². The maximum atomic E-state index is 12.8. The predicted octanol–water partition coefficient (Wildman–Crippen LogP) is 17.1. The third-order valence-corrected chi connectivity index (χ3v) is 11.3. The largest absolute Gasteiger partial charge is 0.462 e. The first kappa shape index (κ1) is 58.4. The van der Waals surface area contributed by atoms with Gasteiger partial charge in [-0.2, -0.15) is 0 Å². The minimum absolute atomic E-state index is 0.0808. The van der Waals surface area contributed by atoms with Gasteiger partial charge in [0.15, 0.2) is 6.10 Å². The summed E-state index contributed by atoms with van der Waals surface area (Å²) in [5, 5.41) is 0. The molecule has 0 radical (unpaired) electrons. The first-order valence-electron chi connectivity index (χ1n) is 26.1. The molecular weight excluding hydrogens is 757 g/mol. The molecule has 0 bridgehead atoms. The second-order valence-electron chi connectivity index (χ2n) is 17.4. The second kappa shape index (κ2) is 50.0. The van der Waals surface area contributed by atoms with Gasteiger partial charge in [-0.3, -0.25) is 14.4 Å². The maximum absolute atomic E-state index is 12.8. The van der Waals surface area contributed by atoms with E-state index in [1.807, 2.05) is 0 Å². The molecule has 354 valence electrons. The van der Waals surface area contributed by atoms with Crippen molar-refractivity contribution in [3.63, 3.8) is 0 Å². The molecule has 0 N–H and O–H groups in total. The topological polar surface area (TPSA) is 78.9 Å². The third-order valence-electron chi connectivity index (χ3n) is 11.3. The van der Waals surface area contributed by atoms with Crippen molar-refractivity contribution in [2.45, 2.75) is 271 Å². The van der Waals surface area contributed by atoms with Crippen molar-refractivity contribution in [1.29, 1.82) is 0 Å². The van der Waals surface area contributed by atoms with Crippen LogP contribution in [0.2, 0.25) is 0 Å². The Labute approximate surface area is 378 Å². The molecule has 1 unspecified atom stereocenters. The summed E-state index contributed by atoms with van der Waals surface area (Å²) >= 11 is 0. The summed E-state index contributed by atoms with van der Waals surface area (Å²) in [6.45, 7) is 6.51. The molecule has 1 atom stereocenters. The average molecular weight is 855 g/mol. The Hall–Kier alpha value is -2.63. The molecule has 0 saturated carbocycles. The summed E-state index contributed by atoms with van der Waals surface area (Å²) < 4.78 is 16.8. The van der Waals surface area contributed by atoms with Crippen LogP contribution < -0.4 is 0 Å². The van der Waals surface area contributed by atoms with Crippen LogP contribution in [0.15, 0.2) is 48.6 Å². The van der Waals surface area contributed by atoms with Crippen molar-refractivity contribution < 1.29 is 28.6 Å². The van der Waals surface area contributed by atoms with Crippen LogP contribution in [0.3, 0.4) is 0 Å². The first-order valence-corrected chi connectivity index (χ1v) is 26.1. The van der Waals surface area contributed by atoms with Crippen LogP contribution in [0.4, 0.5) is 0 Å². The van der Waals surface area contributed by atoms with Gasteiger partial charge in [-0.1, -0.05) is 217 Å². The molecule has 6 nitrogen and oxygen atoms in total. The summed E-state index contributed by atoms with van der Waals surface area (Å²) in [6, 6.07) is 0. The van der Waals surface area contributed by atoms with E-state index in [-0.39, 0.29) is 31.1 Å². The monoisotopic (exact) mass is 855 g/mol. The summed E-state index contributed by atoms with van der Waals surface area (Å²) in [4.78, 5) is 38.0. The van der Waals surface area contributed by atoms with Crippen LogP contribution in [0, 0.1) is 0 Å². The fourth-order valence-electron chi connectivity index (χ4n) is 7.39. The van der Waals surface area contributed by atoms with Crippen LogP contribution in [0.1, 0.15) is 265 Å². The number of rotatable bonds is 47. The van der Waals surface area contributed by atoms with Crippen molar-refractivity contribution >= 4 is 17.9 Å². The van der Waals surface area contributed by atoms with E-state index in [1.165, 1.54) is 122 Å². The highest BCUT2D eigenvalue weighted by atomic mass is 16.6. The van der Waals surface area contributed by atoms with E-state index in [9.17, 15) is 14.4 Å². The molecular formula is C55H98O6. The molecule has 0 aliphatic carbocycles. The standard InChI is InChI=1S/C55H98O6/c1-4-7-10-13-16-19-22-25-27-30-32-35-38-41-44-47-53(56)59-50-52(61-55(58)49-46-43-40-37-34-29-24-21-18-15-12-9-6-3)51-60-54(57)48-45-42-39-36-33-31-28-26-23-20-17-14-11-8-5-2/h7,10,16,19,25-28,52H,4-6,8-9,11-15,17-18,20-24,29-51H2,1-3H3. The van der Waals surface area contributed by atoms with E-state index < -0.39 is 6.10 Å². The molecule has 0 aromatic rings. The lowest BCUT2D eigenvalue weighted by Crippen LogP contribution is -2.30. The number of esters is 3. The van der Waals surface area contributed by atoms with Crippen LogP contribution in [-0.4, -0.2) is 37.2 Å². The Morgan fingerprint density at radius 3 is 1.02 bits per heavy atom. The highest BCUT2D eigenvalue weighted by molar-refractivity contribution is 5.71. The highest BCUT2D eigenvalue weighted by Gasteiger charge is 2.19. The Bertz CT molecular complexity index is 1070. The third kappa shape index (κ3) is 48.3. The van der Waals surface area contributed by atoms with Crippen molar-refractivity contribution in [2.24, 2.45) is 0 Å². The molecule has 0 fully saturated rings. The summed E-state index contributed by atoms with van der Waals surface area (Å²) in [7, 11) is 0. The molecule has 0 spiro atoms. The average Bonchev–Trinajstić information content (AvgIpc) is 3.26. The van der Waals surface area contributed by atoms with Crippen LogP contribution in [-0.2, 0) is 28.6 Å². The number of carbonyl (C=O) groups excluding carboxylic acids is 3. The van der Waals surface area contributed by atoms with E-state index in [4.69, 9.17) is 14.2 Å². The number of hydrogen-bond acceptors (Lipinski definition) is 6. The number of unbranched alkanes of at least 4 members (excludes halogenated alkanes) is 28. The molecule has 0 aromatic heterocycles. The summed E-state index contributed by atoms with van der Waals surface area (Å²) in [5.41, 5.74) is 0. The molecule has 0 aromatic carbocycles. The maximum Gasteiger partial charge on any atom is 0.306 e. The van der Waals surface area contributed by atoms with Crippen molar-refractivity contribution in [1.82, 2.24) is 0 Å².